The highest BCUT2D eigenvalue weighted by molar-refractivity contribution is 7.89. The first-order valence-corrected chi connectivity index (χ1v) is 6.96. The highest BCUT2D eigenvalue weighted by Gasteiger charge is 2.19. The monoisotopic (exact) mass is 254 g/mol. The van der Waals surface area contributed by atoms with Crippen molar-refractivity contribution in [3.8, 4) is 0 Å². The number of anilines is 1. The first-order valence-electron chi connectivity index (χ1n) is 5.42. The van der Waals surface area contributed by atoms with E-state index in [0.29, 0.717) is 13.0 Å². The molecular formula is C11H14N2O3S. The van der Waals surface area contributed by atoms with E-state index in [1.54, 1.807) is 17.0 Å². The van der Waals surface area contributed by atoms with Gasteiger partial charge in [0.1, 0.15) is 0 Å². The maximum Gasteiger partial charge on any atom is 0.238 e. The van der Waals surface area contributed by atoms with Crippen LogP contribution in [0.3, 0.4) is 0 Å². The molecule has 0 saturated carbocycles. The van der Waals surface area contributed by atoms with Gasteiger partial charge in [0.2, 0.25) is 15.9 Å². The van der Waals surface area contributed by atoms with Crippen LogP contribution in [0.1, 0.15) is 19.3 Å². The van der Waals surface area contributed by atoms with Gasteiger partial charge in [-0.15, -0.1) is 0 Å². The number of piperidine rings is 1. The SMILES string of the molecule is NS(=O)(=O)c1ccc(N2CCCCC2=O)cc1. The Morgan fingerprint density at radius 2 is 1.76 bits per heavy atom. The standard InChI is InChI=1S/C11H14N2O3S/c12-17(15,16)10-6-4-9(5-7-10)13-8-2-1-3-11(13)14/h4-7H,1-3,8H2,(H2,12,15,16). The normalized spacial score (nSPS) is 17.2. The van der Waals surface area contributed by atoms with Crippen LogP contribution in [0.25, 0.3) is 0 Å². The average Bonchev–Trinajstić information content (AvgIpc) is 2.29. The first-order chi connectivity index (χ1) is 7.98. The molecule has 0 bridgehead atoms. The number of benzene rings is 1. The van der Waals surface area contributed by atoms with E-state index in [0.717, 1.165) is 18.5 Å². The topological polar surface area (TPSA) is 80.5 Å². The molecule has 1 amide bonds. The van der Waals surface area contributed by atoms with E-state index in [1.807, 2.05) is 0 Å². The van der Waals surface area contributed by atoms with Gasteiger partial charge in [0.15, 0.2) is 0 Å². The Labute approximate surface area is 100 Å². The minimum absolute atomic E-state index is 0.0608. The van der Waals surface area contributed by atoms with Crippen molar-refractivity contribution in [3.63, 3.8) is 0 Å². The summed E-state index contributed by atoms with van der Waals surface area (Å²) in [7, 11) is -3.67. The highest BCUT2D eigenvalue weighted by atomic mass is 32.2. The number of hydrogen-bond acceptors (Lipinski definition) is 3. The molecule has 17 heavy (non-hydrogen) atoms. The summed E-state index contributed by atoms with van der Waals surface area (Å²) in [6, 6.07) is 6.07. The minimum Gasteiger partial charge on any atom is -0.312 e. The van der Waals surface area contributed by atoms with Crippen LogP contribution < -0.4 is 10.0 Å². The van der Waals surface area contributed by atoms with Crippen molar-refractivity contribution in [1.82, 2.24) is 0 Å². The van der Waals surface area contributed by atoms with Crippen LogP contribution in [0.4, 0.5) is 5.69 Å². The summed E-state index contributed by atoms with van der Waals surface area (Å²) in [5.41, 5.74) is 0.724. The fourth-order valence-electron chi connectivity index (χ4n) is 1.89. The molecule has 1 aromatic rings. The van der Waals surface area contributed by atoms with Crippen LogP contribution in [0.5, 0.6) is 0 Å². The Morgan fingerprint density at radius 1 is 1.12 bits per heavy atom. The third-order valence-corrected chi connectivity index (χ3v) is 3.73. The molecule has 0 aliphatic carbocycles. The molecule has 1 aliphatic heterocycles. The van der Waals surface area contributed by atoms with Crippen molar-refractivity contribution < 1.29 is 13.2 Å². The van der Waals surface area contributed by atoms with Gasteiger partial charge in [-0.1, -0.05) is 0 Å². The maximum absolute atomic E-state index is 11.7. The van der Waals surface area contributed by atoms with Crippen molar-refractivity contribution in [3.05, 3.63) is 24.3 Å². The Bertz CT molecular complexity index is 522. The molecular weight excluding hydrogens is 240 g/mol. The largest absolute Gasteiger partial charge is 0.312 e. The number of carbonyl (C=O) groups excluding carboxylic acids is 1. The molecule has 2 N–H and O–H groups in total. The molecule has 6 heteroatoms. The van der Waals surface area contributed by atoms with Crippen LogP contribution in [-0.4, -0.2) is 20.9 Å². The van der Waals surface area contributed by atoms with Gasteiger partial charge in [-0.3, -0.25) is 4.79 Å². The van der Waals surface area contributed by atoms with E-state index in [9.17, 15) is 13.2 Å². The van der Waals surface area contributed by atoms with Crippen molar-refractivity contribution >= 4 is 21.6 Å². The quantitative estimate of drug-likeness (QED) is 0.849. The molecule has 2 rings (SSSR count). The lowest BCUT2D eigenvalue weighted by Crippen LogP contribution is -2.35. The van der Waals surface area contributed by atoms with Crippen LogP contribution in [0, 0.1) is 0 Å². The predicted octanol–water partition coefficient (Wildman–Crippen LogP) is 0.851. The van der Waals surface area contributed by atoms with Crippen LogP contribution >= 0.6 is 0 Å². The van der Waals surface area contributed by atoms with E-state index in [4.69, 9.17) is 5.14 Å². The van der Waals surface area contributed by atoms with Gasteiger partial charge in [0.25, 0.3) is 0 Å². The maximum atomic E-state index is 11.7. The van der Waals surface area contributed by atoms with Gasteiger partial charge in [0.05, 0.1) is 4.90 Å². The zero-order chi connectivity index (χ0) is 12.5. The molecule has 1 fully saturated rings. The van der Waals surface area contributed by atoms with Gasteiger partial charge in [-0.2, -0.15) is 0 Å². The number of nitrogens with two attached hydrogens (primary N) is 1. The molecule has 0 atom stereocenters. The lowest BCUT2D eigenvalue weighted by atomic mass is 10.1. The zero-order valence-corrected chi connectivity index (χ0v) is 10.1. The van der Waals surface area contributed by atoms with E-state index in [-0.39, 0.29) is 10.8 Å². The summed E-state index contributed by atoms with van der Waals surface area (Å²) < 4.78 is 22.2. The second kappa shape index (κ2) is 4.46. The Hall–Kier alpha value is -1.40. The molecule has 5 nitrogen and oxygen atoms in total. The van der Waals surface area contributed by atoms with Crippen molar-refractivity contribution in [1.29, 1.82) is 0 Å². The summed E-state index contributed by atoms with van der Waals surface area (Å²) >= 11 is 0. The molecule has 92 valence electrons. The van der Waals surface area contributed by atoms with Crippen molar-refractivity contribution in [2.45, 2.75) is 24.2 Å². The number of carbonyl (C=O) groups is 1. The Morgan fingerprint density at radius 3 is 2.29 bits per heavy atom. The van der Waals surface area contributed by atoms with E-state index < -0.39 is 10.0 Å². The number of rotatable bonds is 2. The average molecular weight is 254 g/mol. The number of hydrogen-bond donors (Lipinski definition) is 1. The lowest BCUT2D eigenvalue weighted by molar-refractivity contribution is -0.119. The first kappa shape index (κ1) is 12.1. The summed E-state index contributed by atoms with van der Waals surface area (Å²) in [5.74, 6) is 0.0830. The fourth-order valence-corrected chi connectivity index (χ4v) is 2.41. The van der Waals surface area contributed by atoms with E-state index in [1.165, 1.54) is 12.1 Å². The molecule has 1 heterocycles. The van der Waals surface area contributed by atoms with Gasteiger partial charge in [0, 0.05) is 18.7 Å². The van der Waals surface area contributed by atoms with Gasteiger partial charge >= 0.3 is 0 Å². The second-order valence-electron chi connectivity index (χ2n) is 4.04. The number of nitrogens with zero attached hydrogens (tertiary/aromatic N) is 1. The van der Waals surface area contributed by atoms with Crippen LogP contribution in [-0.2, 0) is 14.8 Å². The van der Waals surface area contributed by atoms with E-state index in [2.05, 4.69) is 0 Å². The van der Waals surface area contributed by atoms with Crippen LogP contribution in [0.2, 0.25) is 0 Å². The lowest BCUT2D eigenvalue weighted by Gasteiger charge is -2.26. The zero-order valence-electron chi connectivity index (χ0n) is 9.30. The predicted molar refractivity (Wildman–Crippen MR) is 64.0 cm³/mol. The minimum atomic E-state index is -3.67. The van der Waals surface area contributed by atoms with Gasteiger partial charge in [-0.25, -0.2) is 13.6 Å². The molecule has 1 saturated heterocycles. The third kappa shape index (κ3) is 2.65. The summed E-state index contributed by atoms with van der Waals surface area (Å²) in [6.07, 6.45) is 2.45. The fraction of sp³-hybridized carbons (Fsp3) is 0.364. The third-order valence-electron chi connectivity index (χ3n) is 2.80. The molecule has 0 radical (unpaired) electrons. The van der Waals surface area contributed by atoms with Crippen molar-refractivity contribution in [2.24, 2.45) is 5.14 Å². The molecule has 1 aromatic carbocycles. The molecule has 0 spiro atoms. The highest BCUT2D eigenvalue weighted by Crippen LogP contribution is 2.22. The van der Waals surface area contributed by atoms with Gasteiger partial charge in [-0.05, 0) is 37.1 Å². The smallest absolute Gasteiger partial charge is 0.238 e. The molecule has 0 unspecified atom stereocenters. The number of sulfonamides is 1. The number of amides is 1. The van der Waals surface area contributed by atoms with Crippen molar-refractivity contribution in [2.75, 3.05) is 11.4 Å². The summed E-state index contributed by atoms with van der Waals surface area (Å²) in [6.45, 7) is 0.688. The number of primary sulfonamides is 1. The Balaban J connectivity index is 2.26. The van der Waals surface area contributed by atoms with E-state index >= 15 is 0 Å². The second-order valence-corrected chi connectivity index (χ2v) is 5.60. The Kier molecular flexibility index (Phi) is 3.17. The summed E-state index contributed by atoms with van der Waals surface area (Å²) in [5, 5.41) is 5.00. The summed E-state index contributed by atoms with van der Waals surface area (Å²) in [4.78, 5) is 13.4. The molecule has 0 aromatic heterocycles. The van der Waals surface area contributed by atoms with Crippen LogP contribution in [0.15, 0.2) is 29.2 Å². The van der Waals surface area contributed by atoms with Gasteiger partial charge < -0.3 is 4.90 Å². The molecule has 1 aliphatic rings.